The number of anilines is 1. The van der Waals surface area contributed by atoms with E-state index in [9.17, 15) is 4.39 Å². The summed E-state index contributed by atoms with van der Waals surface area (Å²) in [5.74, 6) is -0.177. The number of hydrogen-bond acceptors (Lipinski definition) is 1. The number of nitrogens with zero attached hydrogens (tertiary/aromatic N) is 1. The van der Waals surface area contributed by atoms with Gasteiger partial charge in [-0.1, -0.05) is 18.2 Å². The van der Waals surface area contributed by atoms with Gasteiger partial charge in [-0.3, -0.25) is 0 Å². The summed E-state index contributed by atoms with van der Waals surface area (Å²) in [7, 11) is 0. The quantitative estimate of drug-likeness (QED) is 0.684. The monoisotopic (exact) mass is 240 g/mol. The molecule has 0 unspecified atom stereocenters. The van der Waals surface area contributed by atoms with Gasteiger partial charge in [0.25, 0.3) is 0 Å². The van der Waals surface area contributed by atoms with E-state index in [0.717, 1.165) is 16.8 Å². The van der Waals surface area contributed by atoms with Gasteiger partial charge >= 0.3 is 0 Å². The Morgan fingerprint density at radius 3 is 2.56 bits per heavy atom. The van der Waals surface area contributed by atoms with E-state index in [1.54, 1.807) is 6.07 Å². The summed E-state index contributed by atoms with van der Waals surface area (Å²) in [5, 5.41) is 0.660. The van der Waals surface area contributed by atoms with E-state index in [0.29, 0.717) is 11.9 Å². The second-order valence-corrected chi connectivity index (χ2v) is 4.36. The Balaban J connectivity index is 2.00. The second-order valence-electron chi connectivity index (χ2n) is 4.36. The van der Waals surface area contributed by atoms with Crippen LogP contribution in [0.2, 0.25) is 0 Å². The molecule has 0 saturated heterocycles. The molecule has 0 bridgehead atoms. The van der Waals surface area contributed by atoms with Crippen LogP contribution in [-0.4, -0.2) is 4.57 Å². The molecule has 0 saturated carbocycles. The van der Waals surface area contributed by atoms with Crippen molar-refractivity contribution in [3.8, 4) is 0 Å². The van der Waals surface area contributed by atoms with E-state index < -0.39 is 0 Å². The number of nitrogens with two attached hydrogens (primary N) is 1. The number of benzene rings is 2. The molecule has 18 heavy (non-hydrogen) atoms. The lowest BCUT2D eigenvalue weighted by Crippen LogP contribution is -1.98. The maximum absolute atomic E-state index is 13.6. The fourth-order valence-electron chi connectivity index (χ4n) is 2.14. The molecule has 2 N–H and O–H groups in total. The molecule has 2 nitrogen and oxygen atoms in total. The lowest BCUT2D eigenvalue weighted by atomic mass is 10.2. The molecule has 1 aromatic heterocycles. The third kappa shape index (κ3) is 1.84. The van der Waals surface area contributed by atoms with E-state index in [-0.39, 0.29) is 5.82 Å². The summed E-state index contributed by atoms with van der Waals surface area (Å²) in [6.45, 7) is 0.716. The number of halogens is 1. The smallest absolute Gasteiger partial charge is 0.132 e. The van der Waals surface area contributed by atoms with Gasteiger partial charge in [0.1, 0.15) is 5.82 Å². The van der Waals surface area contributed by atoms with E-state index in [1.165, 1.54) is 6.07 Å². The number of aromatic nitrogens is 1. The summed E-state index contributed by atoms with van der Waals surface area (Å²) in [6.07, 6.45) is 1.91. The lowest BCUT2D eigenvalue weighted by molar-refractivity contribution is 0.639. The Kier molecular flexibility index (Phi) is 2.52. The molecule has 0 radical (unpaired) electrons. The molecule has 0 aliphatic heterocycles. The van der Waals surface area contributed by atoms with Crippen molar-refractivity contribution in [3.05, 3.63) is 66.1 Å². The summed E-state index contributed by atoms with van der Waals surface area (Å²) in [5.41, 5.74) is 8.46. The van der Waals surface area contributed by atoms with E-state index in [1.807, 2.05) is 47.2 Å². The maximum Gasteiger partial charge on any atom is 0.132 e. The first-order valence-corrected chi connectivity index (χ1v) is 5.82. The zero-order chi connectivity index (χ0) is 12.5. The van der Waals surface area contributed by atoms with Crippen LogP contribution in [0.25, 0.3) is 10.9 Å². The van der Waals surface area contributed by atoms with Crippen molar-refractivity contribution in [2.75, 3.05) is 5.73 Å². The molecule has 0 aliphatic rings. The minimum absolute atomic E-state index is 0.177. The molecule has 0 amide bonds. The van der Waals surface area contributed by atoms with Gasteiger partial charge in [0.2, 0.25) is 0 Å². The van der Waals surface area contributed by atoms with Gasteiger partial charge in [-0.25, -0.2) is 4.39 Å². The van der Waals surface area contributed by atoms with Crippen LogP contribution in [0, 0.1) is 5.82 Å². The van der Waals surface area contributed by atoms with Crippen LogP contribution in [0.4, 0.5) is 10.1 Å². The van der Waals surface area contributed by atoms with Crippen molar-refractivity contribution in [3.63, 3.8) is 0 Å². The predicted molar refractivity (Wildman–Crippen MR) is 71.9 cm³/mol. The Morgan fingerprint density at radius 2 is 1.78 bits per heavy atom. The highest BCUT2D eigenvalue weighted by atomic mass is 19.1. The van der Waals surface area contributed by atoms with Gasteiger partial charge in [-0.15, -0.1) is 0 Å². The molecule has 0 fully saturated rings. The number of rotatable bonds is 2. The highest BCUT2D eigenvalue weighted by Gasteiger charge is 2.05. The average molecular weight is 240 g/mol. The summed E-state index contributed by atoms with van der Waals surface area (Å²) >= 11 is 0. The van der Waals surface area contributed by atoms with Crippen LogP contribution in [0.1, 0.15) is 5.56 Å². The number of nitrogen functional groups attached to an aromatic ring is 1. The molecule has 90 valence electrons. The van der Waals surface area contributed by atoms with Crippen LogP contribution < -0.4 is 5.73 Å². The minimum atomic E-state index is -0.177. The summed E-state index contributed by atoms with van der Waals surface area (Å²) < 4.78 is 15.6. The molecule has 1 heterocycles. The average Bonchev–Trinajstić information content (AvgIpc) is 2.77. The predicted octanol–water partition coefficient (Wildman–Crippen LogP) is 3.41. The van der Waals surface area contributed by atoms with Gasteiger partial charge in [-0.2, -0.15) is 0 Å². The zero-order valence-corrected chi connectivity index (χ0v) is 9.81. The fourth-order valence-corrected chi connectivity index (χ4v) is 2.14. The Labute approximate surface area is 104 Å². The third-order valence-corrected chi connectivity index (χ3v) is 3.09. The van der Waals surface area contributed by atoms with Crippen molar-refractivity contribution < 1.29 is 4.39 Å². The third-order valence-electron chi connectivity index (χ3n) is 3.09. The molecule has 0 spiro atoms. The van der Waals surface area contributed by atoms with Crippen LogP contribution in [0.15, 0.2) is 54.7 Å². The molecule has 3 heteroatoms. The first-order valence-electron chi connectivity index (χ1n) is 5.82. The highest BCUT2D eigenvalue weighted by Crippen LogP contribution is 2.20. The standard InChI is InChI=1S/C15H13FN2/c16-14-2-1-3-15-13(14)8-9-18(15)10-11-4-6-12(17)7-5-11/h1-9H,10,17H2. The zero-order valence-electron chi connectivity index (χ0n) is 9.81. The van der Waals surface area contributed by atoms with Gasteiger partial charge < -0.3 is 10.3 Å². The molecular weight excluding hydrogens is 227 g/mol. The fraction of sp³-hybridized carbons (Fsp3) is 0.0667. The Hall–Kier alpha value is -2.29. The Bertz CT molecular complexity index is 683. The van der Waals surface area contributed by atoms with Crippen LogP contribution >= 0.6 is 0 Å². The SMILES string of the molecule is Nc1ccc(Cn2ccc3c(F)cccc32)cc1. The van der Waals surface area contributed by atoms with Crippen molar-refractivity contribution in [1.82, 2.24) is 4.57 Å². The van der Waals surface area contributed by atoms with Gasteiger partial charge in [0.05, 0.1) is 5.52 Å². The number of fused-ring (bicyclic) bond motifs is 1. The normalized spacial score (nSPS) is 10.9. The number of hydrogen-bond donors (Lipinski definition) is 1. The molecule has 3 rings (SSSR count). The summed E-state index contributed by atoms with van der Waals surface area (Å²) in [6, 6.07) is 14.7. The minimum Gasteiger partial charge on any atom is -0.399 e. The molecule has 0 aliphatic carbocycles. The van der Waals surface area contributed by atoms with Gasteiger partial charge in [0.15, 0.2) is 0 Å². The molecule has 0 atom stereocenters. The second kappa shape index (κ2) is 4.18. The molecule has 3 aromatic rings. The lowest BCUT2D eigenvalue weighted by Gasteiger charge is -2.06. The van der Waals surface area contributed by atoms with Gasteiger partial charge in [-0.05, 0) is 35.9 Å². The first-order chi connectivity index (χ1) is 8.74. The van der Waals surface area contributed by atoms with Crippen molar-refractivity contribution in [2.45, 2.75) is 6.54 Å². The molecular formula is C15H13FN2. The maximum atomic E-state index is 13.6. The largest absolute Gasteiger partial charge is 0.399 e. The first kappa shape index (κ1) is 10.8. The van der Waals surface area contributed by atoms with Crippen LogP contribution in [0.5, 0.6) is 0 Å². The van der Waals surface area contributed by atoms with Crippen LogP contribution in [-0.2, 0) is 6.54 Å². The van der Waals surface area contributed by atoms with Crippen molar-refractivity contribution in [1.29, 1.82) is 0 Å². The van der Waals surface area contributed by atoms with Crippen molar-refractivity contribution in [2.24, 2.45) is 0 Å². The van der Waals surface area contributed by atoms with Crippen LogP contribution in [0.3, 0.4) is 0 Å². The van der Waals surface area contributed by atoms with Crippen molar-refractivity contribution >= 4 is 16.6 Å². The molecule has 2 aromatic carbocycles. The van der Waals surface area contributed by atoms with E-state index >= 15 is 0 Å². The Morgan fingerprint density at radius 1 is 1.00 bits per heavy atom. The highest BCUT2D eigenvalue weighted by molar-refractivity contribution is 5.80. The summed E-state index contributed by atoms with van der Waals surface area (Å²) in [4.78, 5) is 0. The topological polar surface area (TPSA) is 30.9 Å². The van der Waals surface area contributed by atoms with Gasteiger partial charge in [0, 0.05) is 23.8 Å². The van der Waals surface area contributed by atoms with E-state index in [2.05, 4.69) is 0 Å². The van der Waals surface area contributed by atoms with E-state index in [4.69, 9.17) is 5.73 Å².